The number of nitrogens with two attached hydrogens (primary N) is 1. The fourth-order valence-corrected chi connectivity index (χ4v) is 2.33. The quantitative estimate of drug-likeness (QED) is 0.770. The summed E-state index contributed by atoms with van der Waals surface area (Å²) in [5, 5.41) is 0.603. The van der Waals surface area contributed by atoms with Crippen molar-refractivity contribution in [2.24, 2.45) is 10.7 Å². The standard InChI is InChI=1S/C18H13F3N2O3/c1-25-13-7-2-10-8-14(16(22)24)17(26-15(10)9-13)23-12-5-3-11(4-6-12)18(19,20)21/h2-9H,1H3,(H2,22,24). The van der Waals surface area contributed by atoms with E-state index in [1.165, 1.54) is 25.3 Å². The molecule has 134 valence electrons. The second-order valence-corrected chi connectivity index (χ2v) is 5.39. The van der Waals surface area contributed by atoms with Gasteiger partial charge in [-0.1, -0.05) is 0 Å². The minimum atomic E-state index is -4.44. The number of methoxy groups -OCH3 is 1. The van der Waals surface area contributed by atoms with Crippen LogP contribution in [-0.4, -0.2) is 13.0 Å². The van der Waals surface area contributed by atoms with E-state index in [1.807, 2.05) is 0 Å². The summed E-state index contributed by atoms with van der Waals surface area (Å²) in [6.07, 6.45) is -4.44. The molecule has 1 aromatic heterocycles. The first kappa shape index (κ1) is 17.5. The molecule has 0 saturated heterocycles. The SMILES string of the molecule is COc1ccc2cc(C(N)=O)c(=Nc3ccc(C(F)(F)F)cc3)oc2c1. The number of hydrogen-bond acceptors (Lipinski definition) is 4. The summed E-state index contributed by atoms with van der Waals surface area (Å²) >= 11 is 0. The first-order chi connectivity index (χ1) is 12.3. The zero-order valence-corrected chi connectivity index (χ0v) is 13.5. The van der Waals surface area contributed by atoms with Gasteiger partial charge in [-0.25, -0.2) is 4.99 Å². The second-order valence-electron chi connectivity index (χ2n) is 5.39. The summed E-state index contributed by atoms with van der Waals surface area (Å²) in [6.45, 7) is 0. The van der Waals surface area contributed by atoms with Crippen LogP contribution in [0.2, 0.25) is 0 Å². The number of alkyl halides is 3. The molecule has 0 unspecified atom stereocenters. The third-order valence-corrected chi connectivity index (χ3v) is 3.65. The topological polar surface area (TPSA) is 77.8 Å². The van der Waals surface area contributed by atoms with Gasteiger partial charge < -0.3 is 14.9 Å². The van der Waals surface area contributed by atoms with Crippen LogP contribution in [0.1, 0.15) is 15.9 Å². The zero-order chi connectivity index (χ0) is 18.9. The Balaban J connectivity index is 2.16. The monoisotopic (exact) mass is 362 g/mol. The third kappa shape index (κ3) is 3.53. The second kappa shape index (κ2) is 6.55. The number of benzene rings is 2. The lowest BCUT2D eigenvalue weighted by atomic mass is 10.1. The average molecular weight is 362 g/mol. The van der Waals surface area contributed by atoms with Crippen LogP contribution >= 0.6 is 0 Å². The van der Waals surface area contributed by atoms with Crippen LogP contribution in [0.4, 0.5) is 18.9 Å². The molecule has 1 amide bonds. The lowest BCUT2D eigenvalue weighted by Crippen LogP contribution is -2.21. The van der Waals surface area contributed by atoms with Crippen molar-refractivity contribution in [2.75, 3.05) is 7.11 Å². The highest BCUT2D eigenvalue weighted by molar-refractivity contribution is 5.95. The molecule has 0 atom stereocenters. The summed E-state index contributed by atoms with van der Waals surface area (Å²) in [5.41, 5.74) is 5.06. The van der Waals surface area contributed by atoms with Crippen LogP contribution in [0.25, 0.3) is 11.0 Å². The van der Waals surface area contributed by atoms with Crippen molar-refractivity contribution >= 4 is 22.6 Å². The Kier molecular flexibility index (Phi) is 4.41. The van der Waals surface area contributed by atoms with Crippen molar-refractivity contribution in [1.29, 1.82) is 0 Å². The minimum Gasteiger partial charge on any atom is -0.497 e. The molecule has 5 nitrogen and oxygen atoms in total. The molecule has 0 saturated carbocycles. The van der Waals surface area contributed by atoms with Crippen molar-refractivity contribution < 1.29 is 27.1 Å². The van der Waals surface area contributed by atoms with Gasteiger partial charge in [0.1, 0.15) is 16.9 Å². The van der Waals surface area contributed by atoms with Gasteiger partial charge in [0.2, 0.25) is 5.55 Å². The molecular formula is C18H13F3N2O3. The molecule has 0 aliphatic rings. The minimum absolute atomic E-state index is 0.0163. The first-order valence-electron chi connectivity index (χ1n) is 7.41. The number of hydrogen-bond donors (Lipinski definition) is 1. The fraction of sp³-hybridized carbons (Fsp3) is 0.111. The number of halogens is 3. The Bertz CT molecular complexity index is 1040. The van der Waals surface area contributed by atoms with Gasteiger partial charge in [0.05, 0.1) is 18.4 Å². The Hall–Kier alpha value is -3.29. The van der Waals surface area contributed by atoms with Crippen LogP contribution < -0.4 is 16.0 Å². The number of amides is 1. The number of primary amides is 1. The molecule has 0 fully saturated rings. The number of nitrogens with zero attached hydrogens (tertiary/aromatic N) is 1. The number of fused-ring (bicyclic) bond motifs is 1. The van der Waals surface area contributed by atoms with Crippen LogP contribution in [0.15, 0.2) is 57.9 Å². The van der Waals surface area contributed by atoms with Gasteiger partial charge in [-0.3, -0.25) is 4.79 Å². The average Bonchev–Trinajstić information content (AvgIpc) is 2.60. The molecule has 26 heavy (non-hydrogen) atoms. The molecular weight excluding hydrogens is 349 g/mol. The molecule has 0 aliphatic heterocycles. The van der Waals surface area contributed by atoms with E-state index in [0.717, 1.165) is 12.1 Å². The van der Waals surface area contributed by atoms with Crippen molar-refractivity contribution in [3.05, 3.63) is 65.2 Å². The van der Waals surface area contributed by atoms with Crippen LogP contribution in [0.3, 0.4) is 0 Å². The van der Waals surface area contributed by atoms with Gasteiger partial charge >= 0.3 is 6.18 Å². The Morgan fingerprint density at radius 1 is 1.12 bits per heavy atom. The van der Waals surface area contributed by atoms with E-state index in [4.69, 9.17) is 14.9 Å². The Morgan fingerprint density at radius 2 is 1.81 bits per heavy atom. The highest BCUT2D eigenvalue weighted by Gasteiger charge is 2.29. The third-order valence-electron chi connectivity index (χ3n) is 3.65. The Labute approximate surface area is 145 Å². The molecule has 8 heteroatoms. The molecule has 3 aromatic rings. The molecule has 2 N–H and O–H groups in total. The van der Waals surface area contributed by atoms with E-state index in [-0.39, 0.29) is 16.8 Å². The maximum Gasteiger partial charge on any atom is 0.416 e. The maximum absolute atomic E-state index is 12.6. The number of carbonyl (C=O) groups excluding carboxylic acids is 1. The highest BCUT2D eigenvalue weighted by atomic mass is 19.4. The van der Waals surface area contributed by atoms with Crippen molar-refractivity contribution in [2.45, 2.75) is 6.18 Å². The van der Waals surface area contributed by atoms with E-state index >= 15 is 0 Å². The molecule has 1 heterocycles. The molecule has 0 radical (unpaired) electrons. The normalized spacial score (nSPS) is 12.4. The predicted octanol–water partition coefficient (Wildman–Crippen LogP) is 3.79. The van der Waals surface area contributed by atoms with E-state index in [9.17, 15) is 18.0 Å². The predicted molar refractivity (Wildman–Crippen MR) is 88.0 cm³/mol. The zero-order valence-electron chi connectivity index (χ0n) is 13.5. The lowest BCUT2D eigenvalue weighted by Gasteiger charge is -2.06. The molecule has 0 aliphatic carbocycles. The number of rotatable bonds is 3. The van der Waals surface area contributed by atoms with Crippen LogP contribution in [0.5, 0.6) is 5.75 Å². The number of carbonyl (C=O) groups is 1. The molecule has 3 rings (SSSR count). The summed E-state index contributed by atoms with van der Waals surface area (Å²) in [7, 11) is 1.49. The van der Waals surface area contributed by atoms with Gasteiger partial charge in [0.15, 0.2) is 0 Å². The fourth-order valence-electron chi connectivity index (χ4n) is 2.33. The number of ether oxygens (including phenoxy) is 1. The summed E-state index contributed by atoms with van der Waals surface area (Å²) < 4.78 is 48.7. The van der Waals surface area contributed by atoms with Crippen molar-refractivity contribution in [1.82, 2.24) is 0 Å². The Morgan fingerprint density at radius 3 is 2.38 bits per heavy atom. The van der Waals surface area contributed by atoms with Crippen molar-refractivity contribution in [3.63, 3.8) is 0 Å². The van der Waals surface area contributed by atoms with Crippen LogP contribution in [-0.2, 0) is 6.18 Å². The smallest absolute Gasteiger partial charge is 0.416 e. The van der Waals surface area contributed by atoms with Gasteiger partial charge in [0, 0.05) is 11.5 Å². The molecule has 2 aromatic carbocycles. The molecule has 0 spiro atoms. The van der Waals surface area contributed by atoms with Gasteiger partial charge in [-0.2, -0.15) is 13.2 Å². The van der Waals surface area contributed by atoms with Gasteiger partial charge in [0.25, 0.3) is 5.91 Å². The maximum atomic E-state index is 12.6. The highest BCUT2D eigenvalue weighted by Crippen LogP contribution is 2.30. The lowest BCUT2D eigenvalue weighted by molar-refractivity contribution is -0.137. The van der Waals surface area contributed by atoms with Gasteiger partial charge in [-0.05, 0) is 42.5 Å². The van der Waals surface area contributed by atoms with E-state index in [0.29, 0.717) is 16.7 Å². The molecule has 0 bridgehead atoms. The van der Waals surface area contributed by atoms with E-state index in [2.05, 4.69) is 4.99 Å². The summed E-state index contributed by atoms with van der Waals surface area (Å²) in [5.74, 6) is -0.231. The van der Waals surface area contributed by atoms with Gasteiger partial charge in [-0.15, -0.1) is 0 Å². The first-order valence-corrected chi connectivity index (χ1v) is 7.41. The van der Waals surface area contributed by atoms with Crippen LogP contribution in [0, 0.1) is 0 Å². The van der Waals surface area contributed by atoms with Crippen molar-refractivity contribution in [3.8, 4) is 5.75 Å². The largest absolute Gasteiger partial charge is 0.497 e. The summed E-state index contributed by atoms with van der Waals surface area (Å²) in [4.78, 5) is 15.8. The van der Waals surface area contributed by atoms with E-state index in [1.54, 1.807) is 18.2 Å². The summed E-state index contributed by atoms with van der Waals surface area (Å²) in [6, 6.07) is 10.6. The van der Waals surface area contributed by atoms with E-state index < -0.39 is 17.6 Å².